The number of nitrogens with zero attached hydrogens (tertiary/aromatic N) is 2. The van der Waals surface area contributed by atoms with Crippen molar-refractivity contribution >= 4 is 34.9 Å². The van der Waals surface area contributed by atoms with E-state index < -0.39 is 52.2 Å². The highest BCUT2D eigenvalue weighted by Gasteiger charge is 2.55. The van der Waals surface area contributed by atoms with E-state index in [-0.39, 0.29) is 21.9 Å². The SMILES string of the molecule is O=C(O)[C@@H]1[C@@H]2CC=C[C@@H]2c2c([N+](=O)[O-])ccc(Cl)c2N1C(=O)C(F)(F)F. The van der Waals surface area contributed by atoms with Gasteiger partial charge < -0.3 is 5.11 Å². The molecule has 0 fully saturated rings. The number of rotatable bonds is 2. The second-order valence-corrected chi connectivity index (χ2v) is 6.30. The molecule has 1 N–H and O–H groups in total. The summed E-state index contributed by atoms with van der Waals surface area (Å²) in [4.78, 5) is 34.3. The van der Waals surface area contributed by atoms with Crippen LogP contribution < -0.4 is 4.90 Å². The molecule has 0 aromatic heterocycles. The third-order valence-corrected chi connectivity index (χ3v) is 4.83. The monoisotopic (exact) mass is 390 g/mol. The number of carboxylic acid groups (broad SMARTS) is 1. The molecular formula is C15H10ClF3N2O5. The van der Waals surface area contributed by atoms with Crippen LogP contribution in [0.3, 0.4) is 0 Å². The number of halogens is 4. The maximum absolute atomic E-state index is 13.1. The molecule has 1 aromatic rings. The van der Waals surface area contributed by atoms with Crippen LogP contribution in [-0.2, 0) is 9.59 Å². The average Bonchev–Trinajstić information content (AvgIpc) is 3.00. The predicted octanol–water partition coefficient (Wildman–Crippen LogP) is 3.27. The van der Waals surface area contributed by atoms with Crippen molar-refractivity contribution in [3.05, 3.63) is 45.0 Å². The number of hydrogen-bond donors (Lipinski definition) is 1. The van der Waals surface area contributed by atoms with Gasteiger partial charge in [0.15, 0.2) is 0 Å². The first-order chi connectivity index (χ1) is 12.1. The van der Waals surface area contributed by atoms with Crippen LogP contribution in [0.15, 0.2) is 24.3 Å². The maximum Gasteiger partial charge on any atom is 0.471 e. The highest BCUT2D eigenvalue weighted by atomic mass is 35.5. The number of carbonyl (C=O) groups is 2. The Morgan fingerprint density at radius 3 is 2.54 bits per heavy atom. The van der Waals surface area contributed by atoms with Gasteiger partial charge >= 0.3 is 18.1 Å². The molecule has 7 nitrogen and oxygen atoms in total. The van der Waals surface area contributed by atoms with Crippen molar-refractivity contribution < 1.29 is 32.8 Å². The number of fused-ring (bicyclic) bond motifs is 3. The summed E-state index contributed by atoms with van der Waals surface area (Å²) in [5.74, 6) is -5.88. The molecule has 0 spiro atoms. The van der Waals surface area contributed by atoms with E-state index in [0.717, 1.165) is 12.1 Å². The van der Waals surface area contributed by atoms with Crippen molar-refractivity contribution in [2.75, 3.05) is 4.90 Å². The topological polar surface area (TPSA) is 101 Å². The van der Waals surface area contributed by atoms with Crippen LogP contribution in [0.1, 0.15) is 17.9 Å². The number of nitro groups is 1. The quantitative estimate of drug-likeness (QED) is 0.474. The van der Waals surface area contributed by atoms with Crippen molar-refractivity contribution in [1.82, 2.24) is 0 Å². The summed E-state index contributed by atoms with van der Waals surface area (Å²) in [5.41, 5.74) is -1.28. The van der Waals surface area contributed by atoms with Crippen molar-refractivity contribution in [1.29, 1.82) is 0 Å². The zero-order chi connectivity index (χ0) is 19.4. The molecule has 0 saturated heterocycles. The molecule has 1 amide bonds. The molecule has 0 saturated carbocycles. The van der Waals surface area contributed by atoms with Gasteiger partial charge in [-0.25, -0.2) is 4.79 Å². The Hall–Kier alpha value is -2.62. The number of allylic oxidation sites excluding steroid dienone is 2. The average molecular weight is 391 g/mol. The number of alkyl halides is 3. The number of carboxylic acids is 1. The van der Waals surface area contributed by atoms with Gasteiger partial charge in [0.05, 0.1) is 21.2 Å². The first-order valence-corrected chi connectivity index (χ1v) is 7.70. The molecule has 11 heteroatoms. The van der Waals surface area contributed by atoms with Gasteiger partial charge in [0.2, 0.25) is 0 Å². The third kappa shape index (κ3) is 2.61. The Morgan fingerprint density at radius 1 is 1.35 bits per heavy atom. The van der Waals surface area contributed by atoms with Gasteiger partial charge in [-0.05, 0) is 12.5 Å². The number of benzene rings is 1. The lowest BCUT2D eigenvalue weighted by Gasteiger charge is -2.42. The normalized spacial score (nSPS) is 24.2. The van der Waals surface area contributed by atoms with Crippen molar-refractivity contribution in [2.45, 2.75) is 24.6 Å². The predicted molar refractivity (Wildman–Crippen MR) is 83.1 cm³/mol. The van der Waals surface area contributed by atoms with Gasteiger partial charge in [-0.3, -0.25) is 19.8 Å². The fourth-order valence-electron chi connectivity index (χ4n) is 3.60. The minimum Gasteiger partial charge on any atom is -0.480 e. The van der Waals surface area contributed by atoms with Gasteiger partial charge in [0.1, 0.15) is 6.04 Å². The first-order valence-electron chi connectivity index (χ1n) is 7.32. The summed E-state index contributed by atoms with van der Waals surface area (Å²) in [5, 5.41) is 20.5. The smallest absolute Gasteiger partial charge is 0.471 e. The molecule has 1 aromatic carbocycles. The molecule has 1 aliphatic heterocycles. The Balaban J connectivity index is 2.36. The second-order valence-electron chi connectivity index (χ2n) is 5.90. The number of anilines is 1. The Labute approximate surface area is 148 Å². The number of aliphatic carboxylic acids is 1. The number of carbonyl (C=O) groups excluding carboxylic acids is 1. The van der Waals surface area contributed by atoms with Gasteiger partial charge in [0, 0.05) is 17.9 Å². The van der Waals surface area contributed by atoms with E-state index in [1.54, 1.807) is 0 Å². The third-order valence-electron chi connectivity index (χ3n) is 4.53. The van der Waals surface area contributed by atoms with Crippen molar-refractivity contribution in [3.8, 4) is 0 Å². The summed E-state index contributed by atoms with van der Waals surface area (Å²) in [6, 6.07) is 0.158. The van der Waals surface area contributed by atoms with E-state index in [1.807, 2.05) is 0 Å². The van der Waals surface area contributed by atoms with Gasteiger partial charge in [-0.2, -0.15) is 13.2 Å². The Morgan fingerprint density at radius 2 is 2.00 bits per heavy atom. The molecule has 26 heavy (non-hydrogen) atoms. The van der Waals surface area contributed by atoms with Gasteiger partial charge in [-0.15, -0.1) is 0 Å². The van der Waals surface area contributed by atoms with Crippen LogP contribution in [0.5, 0.6) is 0 Å². The fraction of sp³-hybridized carbons (Fsp3) is 0.333. The van der Waals surface area contributed by atoms with E-state index in [4.69, 9.17) is 11.6 Å². The van der Waals surface area contributed by atoms with E-state index in [0.29, 0.717) is 0 Å². The van der Waals surface area contributed by atoms with E-state index >= 15 is 0 Å². The van der Waals surface area contributed by atoms with Crippen LogP contribution in [-0.4, -0.2) is 34.1 Å². The maximum atomic E-state index is 13.1. The molecule has 3 rings (SSSR count). The largest absolute Gasteiger partial charge is 0.480 e. The number of amides is 1. The Kier molecular flexibility index (Phi) is 4.18. The molecule has 1 heterocycles. The summed E-state index contributed by atoms with van der Waals surface area (Å²) in [7, 11) is 0. The minimum atomic E-state index is -5.38. The van der Waals surface area contributed by atoms with Gasteiger partial charge in [-0.1, -0.05) is 23.8 Å². The molecule has 138 valence electrons. The lowest BCUT2D eigenvalue weighted by molar-refractivity contribution is -0.385. The zero-order valence-electron chi connectivity index (χ0n) is 12.7. The van der Waals surface area contributed by atoms with Crippen molar-refractivity contribution in [3.63, 3.8) is 0 Å². The fourth-order valence-corrected chi connectivity index (χ4v) is 3.86. The van der Waals surface area contributed by atoms with E-state index in [9.17, 15) is 38.0 Å². The highest BCUT2D eigenvalue weighted by molar-refractivity contribution is 6.34. The second kappa shape index (κ2) is 5.97. The summed E-state index contributed by atoms with van der Waals surface area (Å²) >= 11 is 5.97. The summed E-state index contributed by atoms with van der Waals surface area (Å²) < 4.78 is 39.4. The van der Waals surface area contributed by atoms with Crippen LogP contribution in [0.25, 0.3) is 0 Å². The lowest BCUT2D eigenvalue weighted by Crippen LogP contribution is -2.57. The van der Waals surface area contributed by atoms with Crippen LogP contribution in [0, 0.1) is 16.0 Å². The minimum absolute atomic E-state index is 0.0428. The molecule has 0 bridgehead atoms. The molecule has 0 radical (unpaired) electrons. The summed E-state index contributed by atoms with van der Waals surface area (Å²) in [6.07, 6.45) is -2.29. The van der Waals surface area contributed by atoms with E-state index in [1.165, 1.54) is 12.2 Å². The highest BCUT2D eigenvalue weighted by Crippen LogP contribution is 2.53. The number of nitro benzene ring substituents is 1. The lowest BCUT2D eigenvalue weighted by atomic mass is 9.77. The summed E-state index contributed by atoms with van der Waals surface area (Å²) in [6.45, 7) is 0. The zero-order valence-corrected chi connectivity index (χ0v) is 13.5. The van der Waals surface area contributed by atoms with Crippen LogP contribution >= 0.6 is 11.6 Å². The molecule has 0 unspecified atom stereocenters. The first kappa shape index (κ1) is 18.2. The molecule has 3 atom stereocenters. The van der Waals surface area contributed by atoms with Crippen LogP contribution in [0.4, 0.5) is 24.5 Å². The van der Waals surface area contributed by atoms with Gasteiger partial charge in [0.25, 0.3) is 5.69 Å². The Bertz CT molecular complexity index is 854. The molecule has 1 aliphatic carbocycles. The van der Waals surface area contributed by atoms with Crippen molar-refractivity contribution in [2.24, 2.45) is 5.92 Å². The number of hydrogen-bond acceptors (Lipinski definition) is 4. The molecule has 2 aliphatic rings. The van der Waals surface area contributed by atoms with E-state index in [2.05, 4.69) is 0 Å². The molecular weight excluding hydrogens is 381 g/mol. The van der Waals surface area contributed by atoms with Crippen LogP contribution in [0.2, 0.25) is 5.02 Å². The standard InChI is InChI=1S/C15H10ClF3N2O5/c16-8-4-5-9(21(25)26)10-6-2-1-3-7(6)11(13(22)23)20(12(8)10)14(24)15(17,18)19/h1-2,4-7,11H,3H2,(H,22,23)/t6-,7+,11-/m0/s1.